The maximum atomic E-state index is 12.8. The second kappa shape index (κ2) is 11.5. The highest BCUT2D eigenvalue weighted by Crippen LogP contribution is 2.40. The highest BCUT2D eigenvalue weighted by Gasteiger charge is 2.24. The van der Waals surface area contributed by atoms with Gasteiger partial charge in [0, 0.05) is 17.7 Å². The fourth-order valence-electron chi connectivity index (χ4n) is 3.57. The van der Waals surface area contributed by atoms with Crippen molar-refractivity contribution in [3.05, 3.63) is 47.7 Å². The Kier molecular flexibility index (Phi) is 9.28. The van der Waals surface area contributed by atoms with E-state index in [1.54, 1.807) is 14.2 Å². The topological polar surface area (TPSA) is 88.1 Å². The summed E-state index contributed by atoms with van der Waals surface area (Å²) in [4.78, 5) is 13.8. The number of nitrogens with one attached hydrogen (secondary N) is 1. The summed E-state index contributed by atoms with van der Waals surface area (Å²) in [6.45, 7) is 8.23. The van der Waals surface area contributed by atoms with Crippen LogP contribution in [0.15, 0.2) is 36.5 Å². The molecule has 3 rings (SSSR count). The smallest absolute Gasteiger partial charge is 0.282 e. The summed E-state index contributed by atoms with van der Waals surface area (Å²) in [5, 5.41) is 3.01. The average molecular weight is 490 g/mol. The van der Waals surface area contributed by atoms with Crippen molar-refractivity contribution in [2.75, 3.05) is 19.5 Å². The number of halogens is 1. The molecular weight excluding hydrogens is 458 g/mol. The zero-order valence-corrected chi connectivity index (χ0v) is 21.6. The number of ether oxygens (including phenoxy) is 2. The summed E-state index contributed by atoms with van der Waals surface area (Å²) in [5.74, 6) is 1.54. The molecule has 0 fully saturated rings. The van der Waals surface area contributed by atoms with E-state index in [9.17, 15) is 4.79 Å². The molecule has 0 aliphatic carbocycles. The van der Waals surface area contributed by atoms with Crippen LogP contribution in [0.1, 0.15) is 31.4 Å². The Balaban J connectivity index is 0.00000385. The summed E-state index contributed by atoms with van der Waals surface area (Å²) in [7, 11) is 3.28. The predicted molar refractivity (Wildman–Crippen MR) is 130 cm³/mol. The summed E-state index contributed by atoms with van der Waals surface area (Å²) < 4.78 is 15.5. The number of quaternary nitrogens is 1. The molecule has 8 heteroatoms. The highest BCUT2D eigenvalue weighted by atomic mass is 35.5. The Hall–Kier alpha value is -2.61. The van der Waals surface area contributed by atoms with Crippen LogP contribution in [-0.2, 0) is 4.79 Å². The minimum Gasteiger partial charge on any atom is -1.00 e. The molecule has 33 heavy (non-hydrogen) atoms. The van der Waals surface area contributed by atoms with Crippen molar-refractivity contribution in [1.82, 2.24) is 4.37 Å². The fourth-order valence-corrected chi connectivity index (χ4v) is 4.32. The van der Waals surface area contributed by atoms with Gasteiger partial charge in [-0.15, -0.1) is 0 Å². The molecule has 0 saturated carbocycles. The Morgan fingerprint density at radius 1 is 1.12 bits per heavy atom. The zero-order valence-electron chi connectivity index (χ0n) is 20.0. The van der Waals surface area contributed by atoms with Crippen molar-refractivity contribution in [3.8, 4) is 33.1 Å². The second-order valence-electron chi connectivity index (χ2n) is 8.09. The number of carbonyl (C=O) groups excluding carboxylic acids is 1. The molecule has 1 heterocycles. The summed E-state index contributed by atoms with van der Waals surface area (Å²) >= 11 is 1.44. The Morgan fingerprint density at radius 3 is 2.45 bits per heavy atom. The number of anilines is 1. The van der Waals surface area contributed by atoms with E-state index in [0.29, 0.717) is 11.4 Å². The number of hydrogen-bond donors (Lipinski definition) is 2. The maximum Gasteiger partial charge on any atom is 0.282 e. The van der Waals surface area contributed by atoms with Crippen molar-refractivity contribution < 1.29 is 32.4 Å². The van der Waals surface area contributed by atoms with E-state index in [-0.39, 0.29) is 30.3 Å². The van der Waals surface area contributed by atoms with Crippen molar-refractivity contribution in [3.63, 3.8) is 0 Å². The SMILES string of the molecule is CCC(C)[C@H]([NH3+])C(=O)Nc1cc(-c2cnsc2-c2cc(C)c(C)c(OC)c2)ccc1OC.[Cl-]. The van der Waals surface area contributed by atoms with Crippen LogP contribution >= 0.6 is 11.5 Å². The third-order valence-electron chi connectivity index (χ3n) is 6.11. The Labute approximate surface area is 206 Å². The van der Waals surface area contributed by atoms with Gasteiger partial charge in [0.1, 0.15) is 11.5 Å². The lowest BCUT2D eigenvalue weighted by Crippen LogP contribution is -3.00. The van der Waals surface area contributed by atoms with E-state index < -0.39 is 0 Å². The lowest BCUT2D eigenvalue weighted by atomic mass is 9.98. The van der Waals surface area contributed by atoms with Gasteiger partial charge in [-0.3, -0.25) is 4.79 Å². The molecule has 0 spiro atoms. The molecule has 0 aliphatic heterocycles. The van der Waals surface area contributed by atoms with Gasteiger partial charge in [0.15, 0.2) is 6.04 Å². The van der Waals surface area contributed by atoms with E-state index in [2.05, 4.69) is 42.3 Å². The molecule has 6 nitrogen and oxygen atoms in total. The van der Waals surface area contributed by atoms with Gasteiger partial charge in [-0.25, -0.2) is 0 Å². The van der Waals surface area contributed by atoms with E-state index >= 15 is 0 Å². The zero-order chi connectivity index (χ0) is 23.4. The standard InChI is InChI=1S/C25H31N3O3S.ClH/c1-7-14(2)23(26)25(29)28-20-11-17(8-9-21(20)30-5)19-13-27-32-24(19)18-10-15(3)16(4)22(12-18)31-6;/h8-14,23H,7,26H2,1-6H3,(H,28,29);1H/t14?,23-;/m0./s1. The van der Waals surface area contributed by atoms with Crippen molar-refractivity contribution in [2.24, 2.45) is 5.92 Å². The molecular formula is C25H32ClN3O3S. The molecule has 0 bridgehead atoms. The van der Waals surface area contributed by atoms with Crippen LogP contribution in [-0.4, -0.2) is 30.5 Å². The molecule has 178 valence electrons. The van der Waals surface area contributed by atoms with Gasteiger partial charge >= 0.3 is 0 Å². The minimum absolute atomic E-state index is 0. The number of aromatic nitrogens is 1. The van der Waals surface area contributed by atoms with Crippen molar-refractivity contribution in [2.45, 2.75) is 40.2 Å². The average Bonchev–Trinajstić information content (AvgIpc) is 3.29. The first-order chi connectivity index (χ1) is 15.3. The second-order valence-corrected chi connectivity index (χ2v) is 8.89. The van der Waals surface area contributed by atoms with Crippen LogP contribution in [0, 0.1) is 19.8 Å². The van der Waals surface area contributed by atoms with E-state index in [4.69, 9.17) is 9.47 Å². The lowest BCUT2D eigenvalue weighted by molar-refractivity contribution is -0.414. The fraction of sp³-hybridized carbons (Fsp3) is 0.360. The third kappa shape index (κ3) is 5.66. The number of carbonyl (C=O) groups is 1. The van der Waals surface area contributed by atoms with Crippen LogP contribution in [0.2, 0.25) is 0 Å². The number of nitrogens with zero attached hydrogens (tertiary/aromatic N) is 1. The minimum atomic E-state index is -0.338. The van der Waals surface area contributed by atoms with Crippen molar-refractivity contribution >= 4 is 23.1 Å². The quantitative estimate of drug-likeness (QED) is 0.504. The molecule has 0 saturated heterocycles. The van der Waals surface area contributed by atoms with Crippen LogP contribution in [0.5, 0.6) is 11.5 Å². The largest absolute Gasteiger partial charge is 1.00 e. The predicted octanol–water partition coefficient (Wildman–Crippen LogP) is 1.71. The first-order valence-corrected chi connectivity index (χ1v) is 11.5. The van der Waals surface area contributed by atoms with Gasteiger partial charge < -0.3 is 32.9 Å². The Bertz CT molecular complexity index is 1120. The van der Waals surface area contributed by atoms with Crippen LogP contribution in [0.4, 0.5) is 5.69 Å². The van der Waals surface area contributed by atoms with Gasteiger partial charge in [-0.1, -0.05) is 26.0 Å². The molecule has 1 amide bonds. The molecule has 2 atom stereocenters. The molecule has 0 radical (unpaired) electrons. The van der Waals surface area contributed by atoms with Crippen LogP contribution < -0.4 is 32.9 Å². The monoisotopic (exact) mass is 489 g/mol. The number of benzene rings is 2. The highest BCUT2D eigenvalue weighted by molar-refractivity contribution is 7.10. The molecule has 4 N–H and O–H groups in total. The lowest BCUT2D eigenvalue weighted by Gasteiger charge is -2.17. The van der Waals surface area contributed by atoms with Gasteiger partial charge in [-0.2, -0.15) is 4.37 Å². The van der Waals surface area contributed by atoms with Crippen LogP contribution in [0.3, 0.4) is 0 Å². The number of hydrogen-bond acceptors (Lipinski definition) is 5. The van der Waals surface area contributed by atoms with Gasteiger partial charge in [-0.05, 0) is 72.3 Å². The first-order valence-electron chi connectivity index (χ1n) is 10.7. The first kappa shape index (κ1) is 26.6. The molecule has 2 aromatic carbocycles. The number of amides is 1. The number of rotatable bonds is 8. The molecule has 1 aromatic heterocycles. The van der Waals surface area contributed by atoms with E-state index in [1.807, 2.05) is 37.4 Å². The number of aryl methyl sites for hydroxylation is 1. The van der Waals surface area contributed by atoms with E-state index in [0.717, 1.165) is 44.9 Å². The molecule has 3 aromatic rings. The number of methoxy groups -OCH3 is 2. The van der Waals surface area contributed by atoms with Gasteiger partial charge in [0.05, 0.1) is 24.8 Å². The molecule has 1 unspecified atom stereocenters. The van der Waals surface area contributed by atoms with Gasteiger partial charge in [0.25, 0.3) is 5.91 Å². The molecule has 0 aliphatic rings. The third-order valence-corrected chi connectivity index (χ3v) is 6.96. The summed E-state index contributed by atoms with van der Waals surface area (Å²) in [6, 6.07) is 9.65. The van der Waals surface area contributed by atoms with Gasteiger partial charge in [0.2, 0.25) is 0 Å². The normalized spacial score (nSPS) is 12.5. The van der Waals surface area contributed by atoms with E-state index in [1.165, 1.54) is 11.5 Å². The van der Waals surface area contributed by atoms with Crippen molar-refractivity contribution in [1.29, 1.82) is 0 Å². The van der Waals surface area contributed by atoms with Crippen LogP contribution in [0.25, 0.3) is 21.6 Å². The summed E-state index contributed by atoms with van der Waals surface area (Å²) in [6.07, 6.45) is 2.75. The Morgan fingerprint density at radius 2 is 1.82 bits per heavy atom. The maximum absolute atomic E-state index is 12.8. The summed E-state index contributed by atoms with van der Waals surface area (Å²) in [5.41, 5.74) is 9.95.